The lowest BCUT2D eigenvalue weighted by molar-refractivity contribution is -0.384. The molecule has 0 saturated carbocycles. The summed E-state index contributed by atoms with van der Waals surface area (Å²) in [4.78, 5) is 31.8. The molecule has 0 aliphatic rings. The van der Waals surface area contributed by atoms with Gasteiger partial charge in [-0.15, -0.1) is 0 Å². The molecule has 7 heteroatoms. The monoisotopic (exact) mass is 266 g/mol. The molecule has 0 aromatic heterocycles. The fourth-order valence-corrected chi connectivity index (χ4v) is 1.41. The lowest BCUT2D eigenvalue weighted by Crippen LogP contribution is -2.18. The molecule has 0 bridgehead atoms. The van der Waals surface area contributed by atoms with Crippen molar-refractivity contribution in [3.63, 3.8) is 0 Å². The van der Waals surface area contributed by atoms with E-state index in [0.717, 1.165) is 6.07 Å². The zero-order valence-electron chi connectivity index (χ0n) is 10.4. The number of rotatable bonds is 7. The summed E-state index contributed by atoms with van der Waals surface area (Å²) in [6.45, 7) is 0.256. The summed E-state index contributed by atoms with van der Waals surface area (Å²) in [6.07, 6.45) is 1.32. The van der Waals surface area contributed by atoms with Crippen molar-refractivity contribution in [2.24, 2.45) is 0 Å². The summed E-state index contributed by atoms with van der Waals surface area (Å²) in [5, 5.41) is 13.0. The molecule has 1 amide bonds. The Hall–Kier alpha value is -2.44. The van der Waals surface area contributed by atoms with Crippen molar-refractivity contribution in [2.75, 3.05) is 13.7 Å². The maximum Gasteiger partial charge on any atom is 0.270 e. The number of carbonyl (C=O) groups is 2. The van der Waals surface area contributed by atoms with Crippen LogP contribution >= 0.6 is 0 Å². The van der Waals surface area contributed by atoms with Gasteiger partial charge in [-0.2, -0.15) is 0 Å². The molecule has 0 aliphatic heterocycles. The van der Waals surface area contributed by atoms with Crippen LogP contribution in [-0.4, -0.2) is 30.8 Å². The Kier molecular flexibility index (Phi) is 5.46. The van der Waals surface area contributed by atoms with Gasteiger partial charge in [0.2, 0.25) is 5.91 Å². The van der Waals surface area contributed by atoms with Crippen LogP contribution < -0.4 is 10.1 Å². The second-order valence-corrected chi connectivity index (χ2v) is 3.72. The number of ether oxygens (including phenoxy) is 1. The van der Waals surface area contributed by atoms with Gasteiger partial charge in [0, 0.05) is 25.6 Å². The molecule has 102 valence electrons. The first-order chi connectivity index (χ1) is 9.08. The smallest absolute Gasteiger partial charge is 0.270 e. The first-order valence-corrected chi connectivity index (χ1v) is 5.65. The zero-order chi connectivity index (χ0) is 14.3. The van der Waals surface area contributed by atoms with Gasteiger partial charge in [-0.05, 0) is 12.5 Å². The molecule has 0 fully saturated rings. The molecule has 19 heavy (non-hydrogen) atoms. The first-order valence-electron chi connectivity index (χ1n) is 5.65. The molecule has 7 nitrogen and oxygen atoms in total. The highest BCUT2D eigenvalue weighted by Gasteiger charge is 2.11. The van der Waals surface area contributed by atoms with Gasteiger partial charge < -0.3 is 10.1 Å². The number of hydrogen-bond donors (Lipinski definition) is 1. The molecule has 1 aromatic carbocycles. The average Bonchev–Trinajstić information content (AvgIpc) is 2.42. The fraction of sp³-hybridized carbons (Fsp3) is 0.333. The normalized spacial score (nSPS) is 9.74. The van der Waals surface area contributed by atoms with Gasteiger partial charge in [0.05, 0.1) is 17.1 Å². The molecular weight excluding hydrogens is 252 g/mol. The summed E-state index contributed by atoms with van der Waals surface area (Å²) in [7, 11) is 1.55. The van der Waals surface area contributed by atoms with Crippen molar-refractivity contribution in [2.45, 2.75) is 12.8 Å². The van der Waals surface area contributed by atoms with Gasteiger partial charge in [-0.1, -0.05) is 0 Å². The number of benzene rings is 1. The standard InChI is InChI=1S/C12H14N2O5/c1-13-12(16)3-2-6-19-11-5-4-10(14(17)18)7-9(11)8-15/h4-5,7-8H,2-3,6H2,1H3,(H,13,16). The van der Waals surface area contributed by atoms with Crippen molar-refractivity contribution >= 4 is 17.9 Å². The molecule has 0 radical (unpaired) electrons. The van der Waals surface area contributed by atoms with Crippen LogP contribution in [0.3, 0.4) is 0 Å². The van der Waals surface area contributed by atoms with Crippen molar-refractivity contribution in [3.8, 4) is 5.75 Å². The number of nitrogens with zero attached hydrogens (tertiary/aromatic N) is 1. The maximum absolute atomic E-state index is 11.0. The third-order valence-corrected chi connectivity index (χ3v) is 2.42. The van der Waals surface area contributed by atoms with E-state index >= 15 is 0 Å². The Bertz CT molecular complexity index is 487. The number of carbonyl (C=O) groups excluding carboxylic acids is 2. The predicted molar refractivity (Wildman–Crippen MR) is 67.3 cm³/mol. The Morgan fingerprint density at radius 3 is 2.84 bits per heavy atom. The predicted octanol–water partition coefficient (Wildman–Crippen LogP) is 1.31. The minimum absolute atomic E-state index is 0.0945. The largest absolute Gasteiger partial charge is 0.493 e. The Balaban J connectivity index is 2.61. The van der Waals surface area contributed by atoms with E-state index in [1.807, 2.05) is 0 Å². The molecule has 0 saturated heterocycles. The molecule has 0 atom stereocenters. The number of nitrogens with one attached hydrogen (secondary N) is 1. The van der Waals surface area contributed by atoms with Crippen LogP contribution in [0.1, 0.15) is 23.2 Å². The summed E-state index contributed by atoms with van der Waals surface area (Å²) >= 11 is 0. The third kappa shape index (κ3) is 4.38. The van der Waals surface area contributed by atoms with E-state index in [0.29, 0.717) is 19.1 Å². The van der Waals surface area contributed by atoms with Crippen LogP contribution in [0, 0.1) is 10.1 Å². The molecule has 0 aliphatic carbocycles. The van der Waals surface area contributed by atoms with Crippen LogP contribution in [0.15, 0.2) is 18.2 Å². The van der Waals surface area contributed by atoms with E-state index in [2.05, 4.69) is 5.32 Å². The first kappa shape index (κ1) is 14.6. The molecule has 0 spiro atoms. The lowest BCUT2D eigenvalue weighted by Gasteiger charge is -2.07. The highest BCUT2D eigenvalue weighted by molar-refractivity contribution is 5.80. The van der Waals surface area contributed by atoms with E-state index < -0.39 is 4.92 Å². The van der Waals surface area contributed by atoms with Crippen molar-refractivity contribution in [1.29, 1.82) is 0 Å². The Labute approximate surface area is 109 Å². The third-order valence-electron chi connectivity index (χ3n) is 2.42. The highest BCUT2D eigenvalue weighted by atomic mass is 16.6. The van der Waals surface area contributed by atoms with Crippen LogP contribution in [0.4, 0.5) is 5.69 Å². The summed E-state index contributed by atoms with van der Waals surface area (Å²) < 4.78 is 5.32. The van der Waals surface area contributed by atoms with Crippen LogP contribution in [-0.2, 0) is 4.79 Å². The molecular formula is C12H14N2O5. The zero-order valence-corrected chi connectivity index (χ0v) is 10.4. The number of amides is 1. The molecule has 1 N–H and O–H groups in total. The SMILES string of the molecule is CNC(=O)CCCOc1ccc([N+](=O)[O-])cc1C=O. The van der Waals surface area contributed by atoms with Crippen molar-refractivity contribution < 1.29 is 19.2 Å². The van der Waals surface area contributed by atoms with E-state index in [1.165, 1.54) is 12.1 Å². The van der Waals surface area contributed by atoms with E-state index in [1.54, 1.807) is 7.05 Å². The summed E-state index contributed by atoms with van der Waals surface area (Å²) in [5.74, 6) is 0.181. The summed E-state index contributed by atoms with van der Waals surface area (Å²) in [5.41, 5.74) is -0.0473. The van der Waals surface area contributed by atoms with Crippen LogP contribution in [0.5, 0.6) is 5.75 Å². The second-order valence-electron chi connectivity index (χ2n) is 3.72. The molecule has 1 aromatic rings. The molecule has 0 unspecified atom stereocenters. The van der Waals surface area contributed by atoms with Gasteiger partial charge in [0.1, 0.15) is 5.75 Å². The number of aldehydes is 1. The minimum Gasteiger partial charge on any atom is -0.493 e. The van der Waals surface area contributed by atoms with E-state index in [-0.39, 0.29) is 29.5 Å². The van der Waals surface area contributed by atoms with Crippen molar-refractivity contribution in [3.05, 3.63) is 33.9 Å². The topological polar surface area (TPSA) is 98.5 Å². The van der Waals surface area contributed by atoms with E-state index in [9.17, 15) is 19.7 Å². The molecule has 1 rings (SSSR count). The van der Waals surface area contributed by atoms with Crippen LogP contribution in [0.2, 0.25) is 0 Å². The Morgan fingerprint density at radius 1 is 1.53 bits per heavy atom. The van der Waals surface area contributed by atoms with Gasteiger partial charge in [0.15, 0.2) is 6.29 Å². The number of non-ortho nitro benzene ring substituents is 1. The van der Waals surface area contributed by atoms with Gasteiger partial charge in [-0.25, -0.2) is 0 Å². The highest BCUT2D eigenvalue weighted by Crippen LogP contribution is 2.22. The van der Waals surface area contributed by atoms with Crippen LogP contribution in [0.25, 0.3) is 0 Å². The van der Waals surface area contributed by atoms with Gasteiger partial charge in [0.25, 0.3) is 5.69 Å². The Morgan fingerprint density at radius 2 is 2.26 bits per heavy atom. The fourth-order valence-electron chi connectivity index (χ4n) is 1.41. The second kappa shape index (κ2) is 7.10. The van der Waals surface area contributed by atoms with Gasteiger partial charge >= 0.3 is 0 Å². The minimum atomic E-state index is -0.581. The molecule has 0 heterocycles. The average molecular weight is 266 g/mol. The number of hydrogen-bond acceptors (Lipinski definition) is 5. The van der Waals surface area contributed by atoms with E-state index in [4.69, 9.17) is 4.74 Å². The number of nitro groups is 1. The number of nitro benzene ring substituents is 1. The summed E-state index contributed by atoms with van der Waals surface area (Å²) in [6, 6.07) is 3.80. The quantitative estimate of drug-likeness (QED) is 0.347. The van der Waals surface area contributed by atoms with Gasteiger partial charge in [-0.3, -0.25) is 19.7 Å². The lowest BCUT2D eigenvalue weighted by atomic mass is 10.2. The maximum atomic E-state index is 11.0. The van der Waals surface area contributed by atoms with Crippen molar-refractivity contribution in [1.82, 2.24) is 5.32 Å².